The topological polar surface area (TPSA) is 45.7 Å². The highest BCUT2D eigenvalue weighted by atomic mass is 16.6. The van der Waals surface area contributed by atoms with Gasteiger partial charge in [0.1, 0.15) is 12.4 Å². The zero-order valence-corrected chi connectivity index (χ0v) is 16.6. The van der Waals surface area contributed by atoms with E-state index in [-0.39, 0.29) is 12.1 Å². The molecule has 5 nitrogen and oxygen atoms in total. The van der Waals surface area contributed by atoms with Gasteiger partial charge >= 0.3 is 6.09 Å². The van der Waals surface area contributed by atoms with Gasteiger partial charge < -0.3 is 14.5 Å². The molecule has 1 unspecified atom stereocenters. The summed E-state index contributed by atoms with van der Waals surface area (Å²) < 4.78 is 5.58. The molecule has 1 aromatic heterocycles. The van der Waals surface area contributed by atoms with Crippen LogP contribution < -0.4 is 4.90 Å². The predicted octanol–water partition coefficient (Wildman–Crippen LogP) is 4.85. The molecule has 0 radical (unpaired) electrons. The number of piperidine rings is 1. The maximum atomic E-state index is 12.7. The lowest BCUT2D eigenvalue weighted by atomic mass is 10.0. The monoisotopic (exact) mass is 379 g/mol. The van der Waals surface area contributed by atoms with Crippen molar-refractivity contribution in [3.8, 4) is 0 Å². The summed E-state index contributed by atoms with van der Waals surface area (Å²) in [6.07, 6.45) is 5.53. The summed E-state index contributed by atoms with van der Waals surface area (Å²) in [6.45, 7) is 5.30. The van der Waals surface area contributed by atoms with E-state index in [0.29, 0.717) is 6.61 Å². The van der Waals surface area contributed by atoms with Crippen molar-refractivity contribution >= 4 is 11.9 Å². The Hall–Kier alpha value is -2.56. The molecular weight excluding hydrogens is 350 g/mol. The van der Waals surface area contributed by atoms with Crippen LogP contribution in [0.15, 0.2) is 42.5 Å². The van der Waals surface area contributed by atoms with Crippen LogP contribution in [0.25, 0.3) is 0 Å². The Balaban J connectivity index is 1.44. The fraction of sp³-hybridized carbons (Fsp3) is 0.478. The third-order valence-corrected chi connectivity index (χ3v) is 5.84. The molecule has 1 atom stereocenters. The van der Waals surface area contributed by atoms with Gasteiger partial charge in [0, 0.05) is 25.3 Å². The van der Waals surface area contributed by atoms with Crippen LogP contribution in [0.3, 0.4) is 0 Å². The fourth-order valence-electron chi connectivity index (χ4n) is 4.32. The van der Waals surface area contributed by atoms with E-state index in [2.05, 4.69) is 24.0 Å². The number of hydrogen-bond donors (Lipinski definition) is 0. The summed E-state index contributed by atoms with van der Waals surface area (Å²) in [5.74, 6) is 1.07. The van der Waals surface area contributed by atoms with Gasteiger partial charge in [-0.3, -0.25) is 0 Å². The number of rotatable bonds is 4. The van der Waals surface area contributed by atoms with Crippen molar-refractivity contribution < 1.29 is 9.53 Å². The summed E-state index contributed by atoms with van der Waals surface area (Å²) >= 11 is 0. The van der Waals surface area contributed by atoms with Crippen molar-refractivity contribution in [2.75, 3.05) is 24.5 Å². The summed E-state index contributed by atoms with van der Waals surface area (Å²) in [5.41, 5.74) is 3.18. The van der Waals surface area contributed by atoms with Crippen LogP contribution in [-0.2, 0) is 11.3 Å². The molecule has 1 aromatic carbocycles. The highest BCUT2D eigenvalue weighted by Gasteiger charge is 2.32. The number of ether oxygens (including phenoxy) is 1. The second-order valence-corrected chi connectivity index (χ2v) is 7.78. The number of aromatic nitrogens is 1. The molecule has 2 aliphatic rings. The van der Waals surface area contributed by atoms with Gasteiger partial charge in [-0.1, -0.05) is 36.4 Å². The maximum Gasteiger partial charge on any atom is 0.410 e. The number of carbonyl (C=O) groups is 1. The van der Waals surface area contributed by atoms with Crippen molar-refractivity contribution in [2.24, 2.45) is 0 Å². The Morgan fingerprint density at radius 2 is 1.82 bits per heavy atom. The second kappa shape index (κ2) is 8.63. The molecule has 0 saturated carbocycles. The molecule has 0 bridgehead atoms. The number of benzene rings is 1. The van der Waals surface area contributed by atoms with E-state index in [4.69, 9.17) is 9.72 Å². The molecule has 0 spiro atoms. The molecule has 2 aliphatic heterocycles. The molecule has 2 aromatic rings. The van der Waals surface area contributed by atoms with Crippen LogP contribution in [0.4, 0.5) is 10.6 Å². The van der Waals surface area contributed by atoms with Gasteiger partial charge in [-0.15, -0.1) is 0 Å². The standard InChI is InChI=1S/C23H29N3O2/c1-18-20(12-13-22(24-18)25-14-6-3-7-15-25)21-11-8-16-26(21)23(27)28-17-19-9-4-2-5-10-19/h2,4-5,9-10,12-13,21H,3,6-8,11,14-17H2,1H3. The molecule has 1 amide bonds. The van der Waals surface area contributed by atoms with Crippen LogP contribution in [0, 0.1) is 6.92 Å². The number of hydrogen-bond acceptors (Lipinski definition) is 4. The zero-order chi connectivity index (χ0) is 19.3. The molecule has 4 rings (SSSR count). The van der Waals surface area contributed by atoms with E-state index in [9.17, 15) is 4.79 Å². The van der Waals surface area contributed by atoms with Gasteiger partial charge in [0.25, 0.3) is 0 Å². The Labute approximate surface area is 167 Å². The van der Waals surface area contributed by atoms with Gasteiger partial charge in [0.05, 0.1) is 6.04 Å². The maximum absolute atomic E-state index is 12.7. The number of carbonyl (C=O) groups excluding carboxylic acids is 1. The lowest BCUT2D eigenvalue weighted by Gasteiger charge is -2.29. The van der Waals surface area contributed by atoms with Gasteiger partial charge in [-0.2, -0.15) is 0 Å². The zero-order valence-electron chi connectivity index (χ0n) is 16.6. The van der Waals surface area contributed by atoms with E-state index in [0.717, 1.165) is 55.1 Å². The normalized spacial score (nSPS) is 19.7. The third-order valence-electron chi connectivity index (χ3n) is 5.84. The van der Waals surface area contributed by atoms with E-state index < -0.39 is 0 Å². The minimum absolute atomic E-state index is 0.0613. The number of nitrogens with zero attached hydrogens (tertiary/aromatic N) is 3. The second-order valence-electron chi connectivity index (χ2n) is 7.78. The Bertz CT molecular complexity index is 803. The highest BCUT2D eigenvalue weighted by molar-refractivity contribution is 5.69. The number of likely N-dealkylation sites (tertiary alicyclic amines) is 1. The molecule has 2 fully saturated rings. The van der Waals surface area contributed by atoms with Crippen molar-refractivity contribution in [3.05, 3.63) is 59.3 Å². The largest absolute Gasteiger partial charge is 0.445 e. The number of amides is 1. The van der Waals surface area contributed by atoms with Crippen molar-refractivity contribution in [1.29, 1.82) is 0 Å². The molecule has 148 valence electrons. The molecule has 3 heterocycles. The van der Waals surface area contributed by atoms with Crippen LogP contribution in [-0.4, -0.2) is 35.6 Å². The lowest BCUT2D eigenvalue weighted by molar-refractivity contribution is 0.0919. The smallest absolute Gasteiger partial charge is 0.410 e. The molecular formula is C23H29N3O2. The minimum Gasteiger partial charge on any atom is -0.445 e. The van der Waals surface area contributed by atoms with E-state index >= 15 is 0 Å². The third kappa shape index (κ3) is 4.13. The summed E-state index contributed by atoms with van der Waals surface area (Å²) in [5, 5.41) is 0. The lowest BCUT2D eigenvalue weighted by Crippen LogP contribution is -2.32. The predicted molar refractivity (Wildman–Crippen MR) is 110 cm³/mol. The van der Waals surface area contributed by atoms with Crippen LogP contribution in [0.5, 0.6) is 0 Å². The number of pyridine rings is 1. The van der Waals surface area contributed by atoms with E-state index in [1.165, 1.54) is 19.3 Å². The molecule has 2 saturated heterocycles. The number of anilines is 1. The Morgan fingerprint density at radius 3 is 2.57 bits per heavy atom. The van der Waals surface area contributed by atoms with Crippen LogP contribution in [0.2, 0.25) is 0 Å². The first-order valence-corrected chi connectivity index (χ1v) is 10.4. The summed E-state index contributed by atoms with van der Waals surface area (Å²) in [4.78, 5) is 21.8. The molecule has 0 N–H and O–H groups in total. The van der Waals surface area contributed by atoms with Gasteiger partial charge in [-0.25, -0.2) is 9.78 Å². The SMILES string of the molecule is Cc1nc(N2CCCCC2)ccc1C1CCCN1C(=O)OCc1ccccc1. The summed E-state index contributed by atoms with van der Waals surface area (Å²) in [6, 6.07) is 14.2. The van der Waals surface area contributed by atoms with Gasteiger partial charge in [0.2, 0.25) is 0 Å². The number of aryl methyl sites for hydroxylation is 1. The average Bonchev–Trinajstić information content (AvgIpc) is 3.23. The molecule has 5 heteroatoms. The Morgan fingerprint density at radius 1 is 1.04 bits per heavy atom. The van der Waals surface area contributed by atoms with E-state index in [1.807, 2.05) is 35.2 Å². The Kier molecular flexibility index (Phi) is 5.79. The van der Waals surface area contributed by atoms with E-state index in [1.54, 1.807) is 0 Å². The fourth-order valence-corrected chi connectivity index (χ4v) is 4.32. The first kappa shape index (κ1) is 18.8. The van der Waals surface area contributed by atoms with Crippen molar-refractivity contribution in [3.63, 3.8) is 0 Å². The highest BCUT2D eigenvalue weighted by Crippen LogP contribution is 2.34. The van der Waals surface area contributed by atoms with Crippen LogP contribution >= 0.6 is 0 Å². The summed E-state index contributed by atoms with van der Waals surface area (Å²) in [7, 11) is 0. The first-order valence-electron chi connectivity index (χ1n) is 10.4. The van der Waals surface area contributed by atoms with Crippen LogP contribution in [0.1, 0.15) is 55.0 Å². The first-order chi connectivity index (χ1) is 13.7. The van der Waals surface area contributed by atoms with Crippen molar-refractivity contribution in [1.82, 2.24) is 9.88 Å². The van der Waals surface area contributed by atoms with Crippen molar-refractivity contribution in [2.45, 2.75) is 51.7 Å². The molecule has 0 aliphatic carbocycles. The molecule has 28 heavy (non-hydrogen) atoms. The average molecular weight is 380 g/mol. The van der Waals surface area contributed by atoms with Gasteiger partial charge in [0.15, 0.2) is 0 Å². The minimum atomic E-state index is -0.231. The quantitative estimate of drug-likeness (QED) is 0.761. The van der Waals surface area contributed by atoms with Gasteiger partial charge in [-0.05, 0) is 56.2 Å².